The van der Waals surface area contributed by atoms with Gasteiger partial charge in [-0.3, -0.25) is 9.59 Å². The second-order valence-electron chi connectivity index (χ2n) is 9.99. The summed E-state index contributed by atoms with van der Waals surface area (Å²) in [6.07, 6.45) is 8.12. The fourth-order valence-electron chi connectivity index (χ4n) is 4.84. The zero-order valence-electron chi connectivity index (χ0n) is 18.6. The number of nitrogens with zero attached hydrogens (tertiary/aromatic N) is 3. The normalized spacial score (nSPS) is 23.9. The van der Waals surface area contributed by atoms with E-state index in [1.54, 1.807) is 11.3 Å². The van der Waals surface area contributed by atoms with E-state index in [1.807, 2.05) is 12.3 Å². The molecule has 2 aromatic heterocycles. The summed E-state index contributed by atoms with van der Waals surface area (Å²) in [4.78, 5) is 36.2. The molecule has 4 aliphatic carbocycles. The molecule has 2 heterocycles. The van der Waals surface area contributed by atoms with Gasteiger partial charge in [-0.15, -0.1) is 11.3 Å². The zero-order valence-corrected chi connectivity index (χ0v) is 20.3. The molecular weight excluding hydrogens is 454 g/mol. The second kappa shape index (κ2) is 8.15. The van der Waals surface area contributed by atoms with Crippen molar-refractivity contribution in [3.05, 3.63) is 27.1 Å². The van der Waals surface area contributed by atoms with Gasteiger partial charge in [0.15, 0.2) is 0 Å². The summed E-state index contributed by atoms with van der Waals surface area (Å²) in [7, 11) is 0. The summed E-state index contributed by atoms with van der Waals surface area (Å²) < 4.78 is 4.22. The molecule has 172 valence electrons. The molecular formula is C24H27N5O2S2. The lowest BCUT2D eigenvalue weighted by molar-refractivity contribution is -0.117. The number of rotatable bonds is 7. The number of carbonyl (C=O) groups excluding carboxylic acids is 2. The van der Waals surface area contributed by atoms with Crippen molar-refractivity contribution in [2.24, 2.45) is 27.2 Å². The summed E-state index contributed by atoms with van der Waals surface area (Å²) in [5, 5.41) is 8.86. The fraction of sp³-hybridized carbons (Fsp3) is 0.583. The van der Waals surface area contributed by atoms with Crippen LogP contribution in [0.15, 0.2) is 15.4 Å². The summed E-state index contributed by atoms with van der Waals surface area (Å²) in [6, 6.07) is 2.88. The van der Waals surface area contributed by atoms with Gasteiger partial charge in [0.2, 0.25) is 5.91 Å². The van der Waals surface area contributed by atoms with Crippen molar-refractivity contribution in [2.75, 3.05) is 11.9 Å². The van der Waals surface area contributed by atoms with Gasteiger partial charge in [0.1, 0.15) is 10.7 Å². The first-order valence-electron chi connectivity index (χ1n) is 11.8. The lowest BCUT2D eigenvalue weighted by Crippen LogP contribution is -2.28. The van der Waals surface area contributed by atoms with Crippen LogP contribution >= 0.6 is 22.9 Å². The van der Waals surface area contributed by atoms with Crippen LogP contribution in [0.5, 0.6) is 0 Å². The van der Waals surface area contributed by atoms with Crippen molar-refractivity contribution in [3.8, 4) is 0 Å². The number of hydrogen-bond donors (Lipinski definition) is 2. The minimum Gasteiger partial charge on any atom is -0.352 e. The first kappa shape index (κ1) is 21.2. The van der Waals surface area contributed by atoms with Crippen molar-refractivity contribution in [2.45, 2.75) is 64.3 Å². The van der Waals surface area contributed by atoms with Crippen LogP contribution < -0.4 is 10.6 Å². The highest BCUT2D eigenvalue weighted by Gasteiger charge is 2.65. The van der Waals surface area contributed by atoms with Crippen LogP contribution in [0.2, 0.25) is 0 Å². The molecule has 1 spiro atoms. The molecule has 0 aliphatic heterocycles. The lowest BCUT2D eigenvalue weighted by atomic mass is 9.91. The van der Waals surface area contributed by atoms with Crippen molar-refractivity contribution < 1.29 is 9.59 Å². The highest BCUT2D eigenvalue weighted by atomic mass is 32.1. The maximum atomic E-state index is 13.2. The molecule has 4 aliphatic rings. The van der Waals surface area contributed by atoms with Crippen LogP contribution in [-0.4, -0.2) is 34.8 Å². The van der Waals surface area contributed by atoms with Gasteiger partial charge in [0.25, 0.3) is 5.91 Å². The molecule has 3 saturated carbocycles. The molecule has 3 fully saturated rings. The molecule has 7 nitrogen and oxygen atoms in total. The van der Waals surface area contributed by atoms with E-state index in [-0.39, 0.29) is 23.8 Å². The van der Waals surface area contributed by atoms with Gasteiger partial charge in [0, 0.05) is 22.7 Å². The van der Waals surface area contributed by atoms with E-state index in [0.717, 1.165) is 41.2 Å². The Balaban J connectivity index is 1.23. The Morgan fingerprint density at radius 2 is 2.15 bits per heavy atom. The summed E-state index contributed by atoms with van der Waals surface area (Å²) in [6.45, 7) is 2.63. The van der Waals surface area contributed by atoms with Crippen molar-refractivity contribution >= 4 is 51.4 Å². The third kappa shape index (κ3) is 4.29. The van der Waals surface area contributed by atoms with Gasteiger partial charge < -0.3 is 10.6 Å². The standard InChI is InChI=1S/C24H27N5O2S2/c1-13-18(11-32-29-13)27-12-26-15-4-5-19-16(8-15)20(22(31)25-10-14-2-3-14)23(33-19)28-21(30)17-9-24(17)6-7-24/h11,14-15,17H,2-10H2,1H3,(H,25,31)(H,28,30). The van der Waals surface area contributed by atoms with E-state index >= 15 is 0 Å². The van der Waals surface area contributed by atoms with E-state index < -0.39 is 0 Å². The van der Waals surface area contributed by atoms with Gasteiger partial charge in [-0.2, -0.15) is 9.37 Å². The van der Waals surface area contributed by atoms with Crippen LogP contribution in [0.4, 0.5) is 10.7 Å². The summed E-state index contributed by atoms with van der Waals surface area (Å²) in [5.41, 5.74) is 3.67. The SMILES string of the molecule is Cc1nscc1N=C=NC1CCc2sc(NC(=O)C3CC34CC4)c(C(=O)NCC3CC3)c2C1. The predicted octanol–water partition coefficient (Wildman–Crippen LogP) is 4.75. The molecule has 2 unspecified atom stereocenters. The molecule has 0 radical (unpaired) electrons. The van der Waals surface area contributed by atoms with E-state index in [0.29, 0.717) is 29.9 Å². The van der Waals surface area contributed by atoms with Crippen molar-refractivity contribution in [1.29, 1.82) is 0 Å². The Kier molecular flexibility index (Phi) is 5.24. The Morgan fingerprint density at radius 3 is 2.85 bits per heavy atom. The van der Waals surface area contributed by atoms with Crippen LogP contribution in [0.1, 0.15) is 65.0 Å². The molecule has 9 heteroatoms. The average molecular weight is 482 g/mol. The Bertz CT molecular complexity index is 1180. The number of hydrogen-bond acceptors (Lipinski definition) is 7. The number of aromatic nitrogens is 1. The van der Waals surface area contributed by atoms with Crippen molar-refractivity contribution in [1.82, 2.24) is 9.69 Å². The topological polar surface area (TPSA) is 95.8 Å². The second-order valence-corrected chi connectivity index (χ2v) is 11.7. The minimum atomic E-state index is -0.0649. The monoisotopic (exact) mass is 481 g/mol. The van der Waals surface area contributed by atoms with Crippen molar-refractivity contribution in [3.63, 3.8) is 0 Å². The Morgan fingerprint density at radius 1 is 1.30 bits per heavy atom. The quantitative estimate of drug-likeness (QED) is 0.559. The van der Waals surface area contributed by atoms with Gasteiger partial charge >= 0.3 is 0 Å². The Labute approximate surface area is 201 Å². The molecule has 2 atom stereocenters. The van der Waals surface area contributed by atoms with E-state index in [9.17, 15) is 9.59 Å². The van der Waals surface area contributed by atoms with Gasteiger partial charge in [-0.05, 0) is 86.7 Å². The molecule has 2 N–H and O–H groups in total. The number of thiophene rings is 1. The average Bonchev–Trinajstić information content (AvgIpc) is 3.75. The first-order chi connectivity index (χ1) is 16.0. The summed E-state index contributed by atoms with van der Waals surface area (Å²) >= 11 is 2.95. The predicted molar refractivity (Wildman–Crippen MR) is 130 cm³/mol. The molecule has 0 bridgehead atoms. The highest BCUT2D eigenvalue weighted by Crippen LogP contribution is 2.70. The number of amides is 2. The molecule has 2 aromatic rings. The maximum absolute atomic E-state index is 13.2. The van der Waals surface area contributed by atoms with Gasteiger partial charge in [-0.1, -0.05) is 0 Å². The van der Waals surface area contributed by atoms with Crippen LogP contribution in [0.25, 0.3) is 0 Å². The largest absolute Gasteiger partial charge is 0.352 e. The van der Waals surface area contributed by atoms with E-state index in [4.69, 9.17) is 0 Å². The lowest BCUT2D eigenvalue weighted by Gasteiger charge is -2.18. The number of anilines is 1. The third-order valence-electron chi connectivity index (χ3n) is 7.48. The Hall–Kier alpha value is -2.35. The zero-order chi connectivity index (χ0) is 22.6. The van der Waals surface area contributed by atoms with Crippen LogP contribution in [0, 0.1) is 24.2 Å². The highest BCUT2D eigenvalue weighted by molar-refractivity contribution is 7.17. The summed E-state index contributed by atoms with van der Waals surface area (Å²) in [5.74, 6) is 0.752. The van der Waals surface area contributed by atoms with Crippen LogP contribution in [0.3, 0.4) is 0 Å². The molecule has 33 heavy (non-hydrogen) atoms. The smallest absolute Gasteiger partial charge is 0.254 e. The molecule has 0 saturated heterocycles. The van der Waals surface area contributed by atoms with Gasteiger partial charge in [0.05, 0.1) is 23.3 Å². The first-order valence-corrected chi connectivity index (χ1v) is 13.5. The number of aliphatic imine (C=N–C) groups is 2. The minimum absolute atomic E-state index is 0.0273. The van der Waals surface area contributed by atoms with E-state index in [2.05, 4.69) is 31.0 Å². The van der Waals surface area contributed by atoms with Crippen LogP contribution in [-0.2, 0) is 17.6 Å². The van der Waals surface area contributed by atoms with Gasteiger partial charge in [-0.25, -0.2) is 4.99 Å². The fourth-order valence-corrected chi connectivity index (χ4v) is 6.71. The molecule has 6 rings (SSSR count). The third-order valence-corrected chi connectivity index (χ3v) is 9.40. The van der Waals surface area contributed by atoms with E-state index in [1.165, 1.54) is 42.1 Å². The molecule has 2 amide bonds. The number of nitrogens with one attached hydrogen (secondary N) is 2. The number of fused-ring (bicyclic) bond motifs is 1. The molecule has 0 aromatic carbocycles. The number of carbonyl (C=O) groups is 2. The number of aryl methyl sites for hydroxylation is 2. The maximum Gasteiger partial charge on any atom is 0.254 e.